The molecule has 0 saturated heterocycles. The SMILES string of the molecule is CCOc1ncc(NC(=O)Nc2cc(OC)cc(OC)c2)c(OCC)n1. The third kappa shape index (κ3) is 5.13. The molecule has 9 heteroatoms. The topological polar surface area (TPSA) is 104 Å². The van der Waals surface area contributed by atoms with Gasteiger partial charge in [0.2, 0.25) is 5.88 Å². The first kappa shape index (κ1) is 19.1. The number of rotatable bonds is 8. The van der Waals surface area contributed by atoms with Crippen LogP contribution in [0.2, 0.25) is 0 Å². The second kappa shape index (κ2) is 9.30. The van der Waals surface area contributed by atoms with Crippen LogP contribution in [0.25, 0.3) is 0 Å². The fourth-order valence-electron chi connectivity index (χ4n) is 2.05. The zero-order valence-electron chi connectivity index (χ0n) is 15.2. The third-order valence-electron chi connectivity index (χ3n) is 3.14. The van der Waals surface area contributed by atoms with E-state index >= 15 is 0 Å². The lowest BCUT2D eigenvalue weighted by Crippen LogP contribution is -2.20. The van der Waals surface area contributed by atoms with Crippen LogP contribution in [0.4, 0.5) is 16.2 Å². The molecule has 2 N–H and O–H groups in total. The highest BCUT2D eigenvalue weighted by Gasteiger charge is 2.13. The molecule has 1 heterocycles. The van der Waals surface area contributed by atoms with Crippen LogP contribution in [0.5, 0.6) is 23.4 Å². The van der Waals surface area contributed by atoms with Crippen molar-refractivity contribution in [3.63, 3.8) is 0 Å². The summed E-state index contributed by atoms with van der Waals surface area (Å²) >= 11 is 0. The van der Waals surface area contributed by atoms with Gasteiger partial charge in [-0.2, -0.15) is 4.98 Å². The molecule has 0 unspecified atom stereocenters. The predicted molar refractivity (Wildman–Crippen MR) is 96.6 cm³/mol. The average Bonchev–Trinajstić information content (AvgIpc) is 2.63. The summed E-state index contributed by atoms with van der Waals surface area (Å²) < 4.78 is 21.0. The Bertz CT molecular complexity index is 732. The van der Waals surface area contributed by atoms with E-state index in [2.05, 4.69) is 20.6 Å². The van der Waals surface area contributed by atoms with Gasteiger partial charge in [-0.25, -0.2) is 9.78 Å². The van der Waals surface area contributed by atoms with Crippen molar-refractivity contribution in [2.45, 2.75) is 13.8 Å². The van der Waals surface area contributed by atoms with Crippen LogP contribution in [0.3, 0.4) is 0 Å². The molecular weight excluding hydrogens is 340 g/mol. The number of aromatic nitrogens is 2. The number of nitrogens with zero attached hydrogens (tertiary/aromatic N) is 2. The summed E-state index contributed by atoms with van der Waals surface area (Å²) in [5, 5.41) is 5.35. The number of methoxy groups -OCH3 is 2. The van der Waals surface area contributed by atoms with E-state index in [4.69, 9.17) is 18.9 Å². The minimum Gasteiger partial charge on any atom is -0.497 e. The molecule has 0 spiro atoms. The third-order valence-corrected chi connectivity index (χ3v) is 3.14. The van der Waals surface area contributed by atoms with Gasteiger partial charge >= 0.3 is 12.0 Å². The van der Waals surface area contributed by atoms with Gasteiger partial charge in [-0.15, -0.1) is 0 Å². The zero-order valence-corrected chi connectivity index (χ0v) is 15.2. The number of urea groups is 1. The van der Waals surface area contributed by atoms with Crippen molar-refractivity contribution in [1.29, 1.82) is 0 Å². The lowest BCUT2D eigenvalue weighted by atomic mass is 10.3. The first-order valence-corrected chi connectivity index (χ1v) is 8.03. The molecule has 0 radical (unpaired) electrons. The van der Waals surface area contributed by atoms with Gasteiger partial charge in [0.05, 0.1) is 33.6 Å². The van der Waals surface area contributed by atoms with Gasteiger partial charge in [0.15, 0.2) is 0 Å². The van der Waals surface area contributed by atoms with E-state index in [0.29, 0.717) is 36.1 Å². The monoisotopic (exact) mass is 362 g/mol. The Hall–Kier alpha value is -3.23. The van der Waals surface area contributed by atoms with Crippen molar-refractivity contribution < 1.29 is 23.7 Å². The highest BCUT2D eigenvalue weighted by molar-refractivity contribution is 6.00. The summed E-state index contributed by atoms with van der Waals surface area (Å²) in [4.78, 5) is 20.5. The maximum atomic E-state index is 12.3. The van der Waals surface area contributed by atoms with E-state index in [0.717, 1.165) is 0 Å². The number of anilines is 2. The number of carbonyl (C=O) groups is 1. The first-order valence-electron chi connectivity index (χ1n) is 8.03. The Kier molecular flexibility index (Phi) is 6.84. The number of amides is 2. The van der Waals surface area contributed by atoms with Gasteiger partial charge in [-0.3, -0.25) is 0 Å². The molecule has 0 aliphatic carbocycles. The normalized spacial score (nSPS) is 10.0. The molecule has 26 heavy (non-hydrogen) atoms. The number of ether oxygens (including phenoxy) is 4. The average molecular weight is 362 g/mol. The van der Waals surface area contributed by atoms with Gasteiger partial charge in [0.1, 0.15) is 17.2 Å². The Labute approximate surface area is 151 Å². The lowest BCUT2D eigenvalue weighted by molar-refractivity contribution is 0.261. The maximum Gasteiger partial charge on any atom is 0.323 e. The quantitative estimate of drug-likeness (QED) is 0.744. The van der Waals surface area contributed by atoms with Crippen LogP contribution in [0.1, 0.15) is 13.8 Å². The summed E-state index contributed by atoms with van der Waals surface area (Å²) in [6.07, 6.45) is 1.43. The van der Waals surface area contributed by atoms with Crippen molar-refractivity contribution >= 4 is 17.4 Å². The Balaban J connectivity index is 2.14. The molecule has 0 aliphatic rings. The van der Waals surface area contributed by atoms with Crippen LogP contribution in [0, 0.1) is 0 Å². The summed E-state index contributed by atoms with van der Waals surface area (Å²) in [5.41, 5.74) is 0.825. The van der Waals surface area contributed by atoms with Gasteiger partial charge < -0.3 is 29.6 Å². The Morgan fingerprint density at radius 3 is 2.23 bits per heavy atom. The molecule has 1 aromatic carbocycles. The van der Waals surface area contributed by atoms with Gasteiger partial charge in [0.25, 0.3) is 0 Å². The standard InChI is InChI=1S/C17H22N4O5/c1-5-25-15-14(10-18-17(21-15)26-6-2)20-16(22)19-11-7-12(23-3)9-13(8-11)24-4/h7-10H,5-6H2,1-4H3,(H2,19,20,22). The second-order valence-corrected chi connectivity index (χ2v) is 4.92. The van der Waals surface area contributed by atoms with Gasteiger partial charge in [-0.1, -0.05) is 0 Å². The number of benzene rings is 1. The summed E-state index contributed by atoms with van der Waals surface area (Å²) in [5.74, 6) is 1.34. The fraction of sp³-hybridized carbons (Fsp3) is 0.353. The van der Waals surface area contributed by atoms with Crippen LogP contribution >= 0.6 is 0 Å². The van der Waals surface area contributed by atoms with Crippen LogP contribution in [0.15, 0.2) is 24.4 Å². The number of hydrogen-bond acceptors (Lipinski definition) is 7. The highest BCUT2D eigenvalue weighted by Crippen LogP contribution is 2.27. The molecule has 2 rings (SSSR count). The Morgan fingerprint density at radius 2 is 1.65 bits per heavy atom. The van der Waals surface area contributed by atoms with Gasteiger partial charge in [0, 0.05) is 23.9 Å². The van der Waals surface area contributed by atoms with Crippen molar-refractivity contribution in [1.82, 2.24) is 9.97 Å². The first-order chi connectivity index (χ1) is 12.6. The molecule has 9 nitrogen and oxygen atoms in total. The molecule has 0 atom stereocenters. The molecule has 140 valence electrons. The predicted octanol–water partition coefficient (Wildman–Crippen LogP) is 2.94. The zero-order chi connectivity index (χ0) is 18.9. The van der Waals surface area contributed by atoms with E-state index in [1.54, 1.807) is 18.2 Å². The molecule has 1 aromatic heterocycles. The highest BCUT2D eigenvalue weighted by atomic mass is 16.5. The van der Waals surface area contributed by atoms with Crippen LogP contribution < -0.4 is 29.6 Å². The van der Waals surface area contributed by atoms with Crippen LogP contribution in [-0.4, -0.2) is 43.4 Å². The number of carbonyl (C=O) groups excluding carboxylic acids is 1. The van der Waals surface area contributed by atoms with E-state index < -0.39 is 6.03 Å². The molecule has 2 amide bonds. The number of nitrogens with one attached hydrogen (secondary N) is 2. The Morgan fingerprint density at radius 1 is 1.00 bits per heavy atom. The second-order valence-electron chi connectivity index (χ2n) is 4.92. The lowest BCUT2D eigenvalue weighted by Gasteiger charge is -2.13. The van der Waals surface area contributed by atoms with E-state index in [1.807, 2.05) is 13.8 Å². The van der Waals surface area contributed by atoms with Crippen LogP contribution in [-0.2, 0) is 0 Å². The minimum atomic E-state index is -0.492. The molecular formula is C17H22N4O5. The van der Waals surface area contributed by atoms with Gasteiger partial charge in [-0.05, 0) is 13.8 Å². The van der Waals surface area contributed by atoms with Crippen molar-refractivity contribution in [3.8, 4) is 23.4 Å². The molecule has 2 aromatic rings. The maximum absolute atomic E-state index is 12.3. The van der Waals surface area contributed by atoms with E-state index in [1.165, 1.54) is 20.4 Å². The summed E-state index contributed by atoms with van der Waals surface area (Å²) in [6.45, 7) is 4.45. The molecule has 0 aliphatic heterocycles. The minimum absolute atomic E-state index is 0.180. The van der Waals surface area contributed by atoms with Crippen molar-refractivity contribution in [3.05, 3.63) is 24.4 Å². The summed E-state index contributed by atoms with van der Waals surface area (Å²) in [6, 6.07) is 4.73. The summed E-state index contributed by atoms with van der Waals surface area (Å²) in [7, 11) is 3.06. The molecule has 0 fully saturated rings. The fourth-order valence-corrected chi connectivity index (χ4v) is 2.05. The van der Waals surface area contributed by atoms with Crippen molar-refractivity contribution in [2.24, 2.45) is 0 Å². The van der Waals surface area contributed by atoms with Crippen molar-refractivity contribution in [2.75, 3.05) is 38.1 Å². The number of hydrogen-bond donors (Lipinski definition) is 2. The smallest absolute Gasteiger partial charge is 0.323 e. The largest absolute Gasteiger partial charge is 0.497 e. The molecule has 0 saturated carbocycles. The van der Waals surface area contributed by atoms with E-state index in [9.17, 15) is 4.79 Å². The molecule has 0 bridgehead atoms. The van der Waals surface area contributed by atoms with E-state index in [-0.39, 0.29) is 11.9 Å².